The van der Waals surface area contributed by atoms with Gasteiger partial charge in [-0.2, -0.15) is 0 Å². The summed E-state index contributed by atoms with van der Waals surface area (Å²) in [6.45, 7) is 0. The summed E-state index contributed by atoms with van der Waals surface area (Å²) >= 11 is 0. The fourth-order valence-corrected chi connectivity index (χ4v) is 4.89. The fourth-order valence-electron chi connectivity index (χ4n) is 4.89. The van der Waals surface area contributed by atoms with E-state index in [0.29, 0.717) is 0 Å². The molecule has 12 heavy (non-hydrogen) atoms. The summed E-state index contributed by atoms with van der Waals surface area (Å²) in [6, 6.07) is 0. The SMILES string of the molecule is C1CCC2C(C1)CCC13CC21C3. The van der Waals surface area contributed by atoms with Gasteiger partial charge in [0, 0.05) is 0 Å². The summed E-state index contributed by atoms with van der Waals surface area (Å²) < 4.78 is 0. The highest BCUT2D eigenvalue weighted by Gasteiger charge is 2.85. The quantitative estimate of drug-likeness (QED) is 0.512. The molecule has 0 aromatic carbocycles. The van der Waals surface area contributed by atoms with Gasteiger partial charge in [-0.3, -0.25) is 0 Å². The zero-order chi connectivity index (χ0) is 7.81. The van der Waals surface area contributed by atoms with Gasteiger partial charge in [-0.1, -0.05) is 19.3 Å². The van der Waals surface area contributed by atoms with Crippen LogP contribution in [-0.2, 0) is 0 Å². The molecule has 0 aromatic rings. The first-order valence-electron chi connectivity index (χ1n) is 5.86. The Balaban J connectivity index is 1.69. The summed E-state index contributed by atoms with van der Waals surface area (Å²) in [6.07, 6.45) is 12.8. The maximum Gasteiger partial charge on any atom is -0.0199 e. The van der Waals surface area contributed by atoms with Crippen molar-refractivity contribution < 1.29 is 0 Å². The second-order valence-electron chi connectivity index (χ2n) is 5.98. The first kappa shape index (κ1) is 6.45. The molecule has 4 rings (SSSR count). The van der Waals surface area contributed by atoms with Crippen molar-refractivity contribution in [1.82, 2.24) is 0 Å². The molecular formula is C12H18. The van der Waals surface area contributed by atoms with Gasteiger partial charge in [0.1, 0.15) is 0 Å². The fraction of sp³-hybridized carbons (Fsp3) is 1.00. The molecule has 0 aliphatic heterocycles. The lowest BCUT2D eigenvalue weighted by molar-refractivity contribution is 0.149. The molecule has 2 atom stereocenters. The molecule has 4 saturated carbocycles. The van der Waals surface area contributed by atoms with E-state index in [1.54, 1.807) is 51.4 Å². The maximum atomic E-state index is 1.65. The highest BCUT2D eigenvalue weighted by molar-refractivity contribution is 5.34. The third-order valence-electron chi connectivity index (χ3n) is 5.73. The third-order valence-corrected chi connectivity index (χ3v) is 5.73. The summed E-state index contributed by atoms with van der Waals surface area (Å²) in [7, 11) is 0. The molecular weight excluding hydrogens is 144 g/mol. The van der Waals surface area contributed by atoms with E-state index >= 15 is 0 Å². The van der Waals surface area contributed by atoms with Gasteiger partial charge in [-0.15, -0.1) is 0 Å². The van der Waals surface area contributed by atoms with Gasteiger partial charge in [0.25, 0.3) is 0 Å². The first-order chi connectivity index (χ1) is 5.86. The van der Waals surface area contributed by atoms with Crippen molar-refractivity contribution in [2.24, 2.45) is 22.7 Å². The largest absolute Gasteiger partial charge is 0.0530 e. The van der Waals surface area contributed by atoms with Crippen molar-refractivity contribution in [2.75, 3.05) is 0 Å². The predicted molar refractivity (Wildman–Crippen MR) is 48.8 cm³/mol. The Labute approximate surface area is 74.7 Å². The van der Waals surface area contributed by atoms with E-state index in [0.717, 1.165) is 10.8 Å². The third kappa shape index (κ3) is 0.506. The van der Waals surface area contributed by atoms with Crippen LogP contribution in [0, 0.1) is 22.7 Å². The van der Waals surface area contributed by atoms with Crippen LogP contribution in [0.25, 0.3) is 0 Å². The Morgan fingerprint density at radius 2 is 1.75 bits per heavy atom. The summed E-state index contributed by atoms with van der Waals surface area (Å²) in [5.74, 6) is 2.39. The van der Waals surface area contributed by atoms with Gasteiger partial charge in [-0.05, 0) is 54.8 Å². The molecule has 4 aliphatic rings. The van der Waals surface area contributed by atoms with Gasteiger partial charge >= 0.3 is 0 Å². The molecule has 0 heterocycles. The highest BCUT2D eigenvalue weighted by Crippen LogP contribution is 2.94. The highest BCUT2D eigenvalue weighted by atomic mass is 14.9. The van der Waals surface area contributed by atoms with Crippen molar-refractivity contribution in [3.8, 4) is 0 Å². The first-order valence-corrected chi connectivity index (χ1v) is 5.86. The minimum absolute atomic E-state index is 0.978. The molecule has 0 nitrogen and oxygen atoms in total. The Hall–Kier alpha value is 0. The van der Waals surface area contributed by atoms with E-state index in [1.807, 2.05) is 0 Å². The molecule has 4 fully saturated rings. The van der Waals surface area contributed by atoms with Crippen LogP contribution in [0.2, 0.25) is 0 Å². The molecule has 0 heteroatoms. The summed E-state index contributed by atoms with van der Waals surface area (Å²) in [5, 5.41) is 0. The smallest absolute Gasteiger partial charge is 0.0199 e. The molecule has 0 bridgehead atoms. The van der Waals surface area contributed by atoms with Gasteiger partial charge in [0.15, 0.2) is 0 Å². The lowest BCUT2D eigenvalue weighted by Crippen LogP contribution is -2.26. The average molecular weight is 162 g/mol. The Bertz CT molecular complexity index is 234. The normalized spacial score (nSPS) is 66.0. The maximum absolute atomic E-state index is 1.65. The van der Waals surface area contributed by atoms with Crippen LogP contribution in [0.3, 0.4) is 0 Å². The van der Waals surface area contributed by atoms with Crippen molar-refractivity contribution >= 4 is 0 Å². The van der Waals surface area contributed by atoms with Crippen molar-refractivity contribution in [1.29, 1.82) is 0 Å². The van der Waals surface area contributed by atoms with Crippen molar-refractivity contribution in [2.45, 2.75) is 51.4 Å². The predicted octanol–water partition coefficient (Wildman–Crippen LogP) is 3.37. The van der Waals surface area contributed by atoms with Crippen molar-refractivity contribution in [3.63, 3.8) is 0 Å². The molecule has 0 radical (unpaired) electrons. The lowest BCUT2D eigenvalue weighted by atomic mass is 9.70. The lowest BCUT2D eigenvalue weighted by Gasteiger charge is -2.35. The van der Waals surface area contributed by atoms with E-state index in [1.165, 1.54) is 11.8 Å². The van der Waals surface area contributed by atoms with Crippen LogP contribution in [0.1, 0.15) is 51.4 Å². The molecule has 66 valence electrons. The standard InChI is InChI=1S/C12H18/c1-2-4-10-9(3-1)5-6-11-7-12(10,11)8-11/h9-10H,1-8H2. The molecule has 2 unspecified atom stereocenters. The van der Waals surface area contributed by atoms with E-state index in [2.05, 4.69) is 0 Å². The Morgan fingerprint density at radius 3 is 2.67 bits per heavy atom. The second-order valence-corrected chi connectivity index (χ2v) is 5.98. The molecule has 0 aromatic heterocycles. The summed E-state index contributed by atoms with van der Waals surface area (Å²) in [4.78, 5) is 0. The molecule has 4 aliphatic carbocycles. The van der Waals surface area contributed by atoms with Crippen LogP contribution in [-0.4, -0.2) is 0 Å². The van der Waals surface area contributed by atoms with Crippen LogP contribution in [0.4, 0.5) is 0 Å². The number of hydrogen-bond acceptors (Lipinski definition) is 0. The van der Waals surface area contributed by atoms with Gasteiger partial charge in [-0.25, -0.2) is 0 Å². The monoisotopic (exact) mass is 162 g/mol. The minimum atomic E-state index is 0.978. The Morgan fingerprint density at radius 1 is 0.917 bits per heavy atom. The van der Waals surface area contributed by atoms with E-state index in [-0.39, 0.29) is 0 Å². The topological polar surface area (TPSA) is 0 Å². The second kappa shape index (κ2) is 1.63. The number of hydrogen-bond donors (Lipinski definition) is 0. The van der Waals surface area contributed by atoms with Gasteiger partial charge < -0.3 is 0 Å². The van der Waals surface area contributed by atoms with Crippen LogP contribution < -0.4 is 0 Å². The molecule has 0 N–H and O–H groups in total. The molecule has 0 saturated heterocycles. The van der Waals surface area contributed by atoms with Gasteiger partial charge in [0.05, 0.1) is 0 Å². The van der Waals surface area contributed by atoms with Crippen LogP contribution in [0.5, 0.6) is 0 Å². The molecule has 0 amide bonds. The van der Waals surface area contributed by atoms with E-state index in [4.69, 9.17) is 0 Å². The zero-order valence-corrected chi connectivity index (χ0v) is 7.81. The van der Waals surface area contributed by atoms with E-state index in [9.17, 15) is 0 Å². The van der Waals surface area contributed by atoms with Gasteiger partial charge in [0.2, 0.25) is 0 Å². The average Bonchev–Trinajstić information content (AvgIpc) is 2.89. The van der Waals surface area contributed by atoms with Crippen LogP contribution in [0.15, 0.2) is 0 Å². The van der Waals surface area contributed by atoms with E-state index < -0.39 is 0 Å². The molecule has 0 spiro atoms. The van der Waals surface area contributed by atoms with Crippen LogP contribution >= 0.6 is 0 Å². The number of rotatable bonds is 0. The van der Waals surface area contributed by atoms with Crippen molar-refractivity contribution in [3.05, 3.63) is 0 Å². The Kier molecular flexibility index (Phi) is 0.875. The minimum Gasteiger partial charge on any atom is -0.0530 e. The number of fused-ring (bicyclic) bond motifs is 1. The zero-order valence-electron chi connectivity index (χ0n) is 7.81. The summed E-state index contributed by atoms with van der Waals surface area (Å²) in [5.41, 5.74) is 1.96.